The highest BCUT2D eigenvalue weighted by atomic mass is 79.9. The van der Waals surface area contributed by atoms with Gasteiger partial charge in [0.1, 0.15) is 0 Å². The van der Waals surface area contributed by atoms with Crippen molar-refractivity contribution >= 4 is 39.3 Å². The van der Waals surface area contributed by atoms with Gasteiger partial charge < -0.3 is 4.90 Å². The van der Waals surface area contributed by atoms with Gasteiger partial charge in [-0.05, 0) is 48.7 Å². The summed E-state index contributed by atoms with van der Waals surface area (Å²) in [5.41, 5.74) is 3.55. The van der Waals surface area contributed by atoms with Gasteiger partial charge in [-0.15, -0.1) is 11.8 Å². The Morgan fingerprint density at radius 1 is 1.29 bits per heavy atom. The van der Waals surface area contributed by atoms with Crippen molar-refractivity contribution in [1.29, 1.82) is 0 Å². The largest absolute Gasteiger partial charge is 0.311 e. The maximum absolute atomic E-state index is 12.5. The molecule has 1 aliphatic heterocycles. The lowest BCUT2D eigenvalue weighted by Crippen LogP contribution is -2.30. The summed E-state index contributed by atoms with van der Waals surface area (Å²) in [6.07, 6.45) is 0.962. The van der Waals surface area contributed by atoms with Crippen molar-refractivity contribution < 1.29 is 4.79 Å². The molecule has 0 aliphatic carbocycles. The first-order valence-corrected chi connectivity index (χ1v) is 8.70. The van der Waals surface area contributed by atoms with Crippen molar-refractivity contribution in [2.75, 3.05) is 17.2 Å². The lowest BCUT2D eigenvalue weighted by Gasteiger charge is -2.17. The molecule has 2 aromatic carbocycles. The van der Waals surface area contributed by atoms with E-state index >= 15 is 0 Å². The molecule has 0 saturated heterocycles. The van der Waals surface area contributed by atoms with Crippen LogP contribution in [0.2, 0.25) is 0 Å². The lowest BCUT2D eigenvalue weighted by atomic mass is 10.2. The van der Waals surface area contributed by atoms with E-state index in [1.54, 1.807) is 11.8 Å². The van der Waals surface area contributed by atoms with Crippen molar-refractivity contribution in [2.45, 2.75) is 18.2 Å². The molecule has 0 spiro atoms. The van der Waals surface area contributed by atoms with Crippen LogP contribution in [0.15, 0.2) is 51.8 Å². The average molecular weight is 362 g/mol. The molecule has 1 heterocycles. The number of fused-ring (bicyclic) bond motifs is 1. The summed E-state index contributed by atoms with van der Waals surface area (Å²) in [5, 5.41) is 0. The van der Waals surface area contributed by atoms with Crippen LogP contribution in [0.4, 0.5) is 5.69 Å². The van der Waals surface area contributed by atoms with Crippen LogP contribution in [0, 0.1) is 6.92 Å². The highest BCUT2D eigenvalue weighted by Gasteiger charge is 2.23. The molecule has 21 heavy (non-hydrogen) atoms. The second-order valence-corrected chi connectivity index (χ2v) is 7.06. The number of amides is 1. The minimum absolute atomic E-state index is 0.187. The fourth-order valence-electron chi connectivity index (χ4n) is 2.59. The summed E-state index contributed by atoms with van der Waals surface area (Å²) in [7, 11) is 0. The number of anilines is 1. The molecule has 0 bridgehead atoms. The maximum atomic E-state index is 12.5. The predicted octanol–water partition coefficient (Wildman–Crippen LogP) is 4.44. The van der Waals surface area contributed by atoms with E-state index in [1.807, 2.05) is 29.2 Å². The Kier molecular flexibility index (Phi) is 4.36. The Morgan fingerprint density at radius 2 is 2.10 bits per heavy atom. The topological polar surface area (TPSA) is 20.3 Å². The number of hydrogen-bond donors (Lipinski definition) is 0. The minimum atomic E-state index is 0.187. The Bertz CT molecular complexity index is 686. The van der Waals surface area contributed by atoms with E-state index in [9.17, 15) is 4.79 Å². The molecule has 2 nitrogen and oxygen atoms in total. The van der Waals surface area contributed by atoms with E-state index in [0.717, 1.165) is 23.1 Å². The summed E-state index contributed by atoms with van der Waals surface area (Å²) in [6.45, 7) is 2.88. The molecule has 2 aromatic rings. The number of carbonyl (C=O) groups excluding carboxylic acids is 1. The van der Waals surface area contributed by atoms with Gasteiger partial charge in [0, 0.05) is 21.6 Å². The Morgan fingerprint density at radius 3 is 2.90 bits per heavy atom. The summed E-state index contributed by atoms with van der Waals surface area (Å²) >= 11 is 5.08. The number of thioether (sulfide) groups is 1. The van der Waals surface area contributed by atoms with Gasteiger partial charge in [-0.2, -0.15) is 0 Å². The van der Waals surface area contributed by atoms with E-state index in [-0.39, 0.29) is 5.91 Å². The fourth-order valence-corrected chi connectivity index (χ4v) is 3.95. The number of hydrogen-bond acceptors (Lipinski definition) is 2. The minimum Gasteiger partial charge on any atom is -0.311 e. The van der Waals surface area contributed by atoms with E-state index in [0.29, 0.717) is 5.75 Å². The van der Waals surface area contributed by atoms with Gasteiger partial charge in [0.2, 0.25) is 5.91 Å². The Balaban J connectivity index is 1.68. The molecule has 1 aliphatic rings. The number of aryl methyl sites for hydroxylation is 1. The van der Waals surface area contributed by atoms with Gasteiger partial charge >= 0.3 is 0 Å². The van der Waals surface area contributed by atoms with Crippen LogP contribution in [-0.4, -0.2) is 18.2 Å². The Labute approximate surface area is 137 Å². The van der Waals surface area contributed by atoms with Crippen LogP contribution in [-0.2, 0) is 11.2 Å². The third-order valence-electron chi connectivity index (χ3n) is 3.68. The van der Waals surface area contributed by atoms with Crippen molar-refractivity contribution in [3.63, 3.8) is 0 Å². The van der Waals surface area contributed by atoms with Crippen LogP contribution in [0.25, 0.3) is 0 Å². The number of para-hydroxylation sites is 1. The van der Waals surface area contributed by atoms with Gasteiger partial charge in [-0.1, -0.05) is 34.1 Å². The SMILES string of the molecule is Cc1cc(Br)ccc1SCC(=O)N1CCc2ccccc21. The molecule has 0 aromatic heterocycles. The van der Waals surface area contributed by atoms with Crippen LogP contribution in [0.3, 0.4) is 0 Å². The standard InChI is InChI=1S/C17H16BrNOS/c1-12-10-14(18)6-7-16(12)21-11-17(20)19-9-8-13-4-2-3-5-15(13)19/h2-7,10H,8-9,11H2,1H3. The summed E-state index contributed by atoms with van der Waals surface area (Å²) in [4.78, 5) is 15.5. The van der Waals surface area contributed by atoms with Gasteiger partial charge in [-0.3, -0.25) is 4.79 Å². The van der Waals surface area contributed by atoms with Gasteiger partial charge in [0.15, 0.2) is 0 Å². The van der Waals surface area contributed by atoms with E-state index < -0.39 is 0 Å². The van der Waals surface area contributed by atoms with Crippen LogP contribution >= 0.6 is 27.7 Å². The smallest absolute Gasteiger partial charge is 0.237 e. The van der Waals surface area contributed by atoms with E-state index in [2.05, 4.69) is 41.1 Å². The monoisotopic (exact) mass is 361 g/mol. The summed E-state index contributed by atoms with van der Waals surface area (Å²) in [5.74, 6) is 0.670. The van der Waals surface area contributed by atoms with Gasteiger partial charge in [0.05, 0.1) is 5.75 Å². The highest BCUT2D eigenvalue weighted by molar-refractivity contribution is 9.10. The normalized spacial score (nSPS) is 13.3. The third kappa shape index (κ3) is 3.16. The quantitative estimate of drug-likeness (QED) is 0.753. The number of benzene rings is 2. The van der Waals surface area contributed by atoms with Crippen molar-refractivity contribution in [2.24, 2.45) is 0 Å². The molecule has 0 fully saturated rings. The predicted molar refractivity (Wildman–Crippen MR) is 92.1 cm³/mol. The first kappa shape index (κ1) is 14.7. The zero-order chi connectivity index (χ0) is 14.8. The number of nitrogens with zero attached hydrogens (tertiary/aromatic N) is 1. The number of carbonyl (C=O) groups is 1. The second-order valence-electron chi connectivity index (χ2n) is 5.12. The molecule has 108 valence electrons. The molecule has 3 rings (SSSR count). The molecule has 4 heteroatoms. The molecule has 0 unspecified atom stereocenters. The van der Waals surface area contributed by atoms with Gasteiger partial charge in [0.25, 0.3) is 0 Å². The maximum Gasteiger partial charge on any atom is 0.237 e. The van der Waals surface area contributed by atoms with Crippen molar-refractivity contribution in [3.8, 4) is 0 Å². The molecule has 0 saturated carbocycles. The molecule has 0 N–H and O–H groups in total. The number of halogens is 1. The van der Waals surface area contributed by atoms with Gasteiger partial charge in [-0.25, -0.2) is 0 Å². The van der Waals surface area contributed by atoms with Crippen LogP contribution < -0.4 is 4.90 Å². The average Bonchev–Trinajstić information content (AvgIpc) is 2.90. The molecule has 0 radical (unpaired) electrons. The Hall–Kier alpha value is -1.26. The molecular formula is C17H16BrNOS. The summed E-state index contributed by atoms with van der Waals surface area (Å²) in [6, 6.07) is 14.3. The van der Waals surface area contributed by atoms with E-state index in [1.165, 1.54) is 16.0 Å². The first-order valence-electron chi connectivity index (χ1n) is 6.92. The van der Waals surface area contributed by atoms with Crippen molar-refractivity contribution in [3.05, 3.63) is 58.1 Å². The van der Waals surface area contributed by atoms with E-state index in [4.69, 9.17) is 0 Å². The molecule has 1 amide bonds. The third-order valence-corrected chi connectivity index (χ3v) is 5.33. The molecule has 0 atom stereocenters. The lowest BCUT2D eigenvalue weighted by molar-refractivity contribution is -0.116. The van der Waals surface area contributed by atoms with Crippen LogP contribution in [0.1, 0.15) is 11.1 Å². The van der Waals surface area contributed by atoms with Crippen molar-refractivity contribution in [1.82, 2.24) is 0 Å². The fraction of sp³-hybridized carbons (Fsp3) is 0.235. The first-order chi connectivity index (χ1) is 10.1. The highest BCUT2D eigenvalue weighted by Crippen LogP contribution is 2.30. The van der Waals surface area contributed by atoms with Crippen LogP contribution in [0.5, 0.6) is 0 Å². The molecular weight excluding hydrogens is 346 g/mol. The second kappa shape index (κ2) is 6.24. The summed E-state index contributed by atoms with van der Waals surface area (Å²) < 4.78 is 1.07. The zero-order valence-electron chi connectivity index (χ0n) is 11.8. The number of rotatable bonds is 3. The zero-order valence-corrected chi connectivity index (χ0v) is 14.2.